The zero-order chi connectivity index (χ0) is 74.1. The number of hydrogen-bond donors (Lipinski definition) is 11. The predicted octanol–water partition coefficient (Wildman–Crippen LogP) is 3.01. The number of Topliss-reactive ketones (excluding diaryl/α,β-unsaturated/α-hetero) is 3. The average molecular weight is 1440 g/mol. The van der Waals surface area contributed by atoms with Crippen LogP contribution < -0.4 is 31.9 Å². The molecule has 0 aromatic carbocycles. The average Bonchev–Trinajstić information content (AvgIpc) is 0.985. The van der Waals surface area contributed by atoms with Gasteiger partial charge in [-0.15, -0.1) is 0 Å². The molecule has 0 aromatic rings. The molecule has 32 heteroatoms. The van der Waals surface area contributed by atoms with Gasteiger partial charge < -0.3 is 95.3 Å². The number of unbranched alkanes of at least 4 members (excludes halogenated alkanes) is 14. The van der Waals surface area contributed by atoms with Gasteiger partial charge in [-0.3, -0.25) is 57.5 Å². The minimum atomic E-state index is -1.40. The summed E-state index contributed by atoms with van der Waals surface area (Å²) in [5.41, 5.74) is 0. The third kappa shape index (κ3) is 60.1. The lowest BCUT2D eigenvalue weighted by Crippen LogP contribution is -2.42. The summed E-state index contributed by atoms with van der Waals surface area (Å²) < 4.78 is 42.7. The fourth-order valence-corrected chi connectivity index (χ4v) is 9.87. The summed E-state index contributed by atoms with van der Waals surface area (Å²) in [5, 5.41) is 62.0. The maximum absolute atomic E-state index is 12.5. The molecule has 576 valence electrons. The summed E-state index contributed by atoms with van der Waals surface area (Å²) in [7, 11) is 0. The minimum Gasteiger partial charge on any atom is -0.481 e. The number of carboxylic acids is 4. The van der Waals surface area contributed by atoms with Gasteiger partial charge in [0.05, 0.1) is 91.1 Å². The fourth-order valence-electron chi connectivity index (χ4n) is 9.87. The SMILES string of the molecule is CC[C@@H](CCCCNC(=O)CC[C@H](NC(=O)CC[C@H](CC(=O)COCCOCCNC(=O)COCCOCCNC(=O)COCCOCCNC(=O)COCCOCCNC(=O)CC[C@H](CC(=O)CCCCCCCCCCCCCCCCC(=O)O)C(=O)O)C(=O)O)C(=O)O)C(=O)CO. The summed E-state index contributed by atoms with van der Waals surface area (Å²) in [6.07, 6.45) is 16.5. The highest BCUT2D eigenvalue weighted by Crippen LogP contribution is 2.19. The summed E-state index contributed by atoms with van der Waals surface area (Å²) in [6, 6.07) is -1.40. The molecule has 0 rings (SSSR count). The Labute approximate surface area is 587 Å². The molecular weight excluding hydrogens is 1320 g/mol. The van der Waals surface area contributed by atoms with E-state index in [4.69, 9.17) is 48.1 Å². The molecule has 0 aromatic heterocycles. The molecule has 4 atom stereocenters. The molecule has 0 saturated carbocycles. The van der Waals surface area contributed by atoms with Gasteiger partial charge in [0, 0.05) is 83.6 Å². The van der Waals surface area contributed by atoms with E-state index in [1.807, 2.05) is 6.92 Å². The van der Waals surface area contributed by atoms with Crippen LogP contribution >= 0.6 is 0 Å². The topological polar surface area (TPSA) is 469 Å². The number of aliphatic carboxylic acids is 4. The summed E-state index contributed by atoms with van der Waals surface area (Å²) in [6.45, 7) is 2.98. The van der Waals surface area contributed by atoms with Crippen LogP contribution in [-0.4, -0.2) is 253 Å². The Hall–Kier alpha value is -6.65. The first-order valence-electron chi connectivity index (χ1n) is 35.5. The Bertz CT molecular complexity index is 2300. The van der Waals surface area contributed by atoms with Crippen molar-refractivity contribution in [2.24, 2.45) is 17.8 Å². The van der Waals surface area contributed by atoms with Gasteiger partial charge in [0.2, 0.25) is 35.4 Å². The van der Waals surface area contributed by atoms with Crippen LogP contribution in [0.4, 0.5) is 0 Å². The number of carboxylic acid groups (broad SMARTS) is 4. The number of aliphatic hydroxyl groups is 1. The van der Waals surface area contributed by atoms with Crippen molar-refractivity contribution in [1.29, 1.82) is 0 Å². The maximum Gasteiger partial charge on any atom is 0.326 e. The van der Waals surface area contributed by atoms with E-state index in [1.165, 1.54) is 32.1 Å². The quantitative estimate of drug-likeness (QED) is 0.0390. The normalized spacial score (nSPS) is 12.3. The van der Waals surface area contributed by atoms with E-state index in [0.29, 0.717) is 38.6 Å². The van der Waals surface area contributed by atoms with Gasteiger partial charge in [0.25, 0.3) is 0 Å². The number of ketones is 3. The van der Waals surface area contributed by atoms with Crippen LogP contribution in [0.15, 0.2) is 0 Å². The number of nitrogens with one attached hydrogen (secondary N) is 6. The van der Waals surface area contributed by atoms with Crippen molar-refractivity contribution in [3.05, 3.63) is 0 Å². The Morgan fingerprint density at radius 1 is 0.310 bits per heavy atom. The maximum atomic E-state index is 12.5. The zero-order valence-corrected chi connectivity index (χ0v) is 59.0. The van der Waals surface area contributed by atoms with E-state index in [9.17, 15) is 77.6 Å². The third-order valence-corrected chi connectivity index (χ3v) is 15.6. The first-order chi connectivity index (χ1) is 48.2. The monoisotopic (exact) mass is 1430 g/mol. The largest absolute Gasteiger partial charge is 0.481 e. The van der Waals surface area contributed by atoms with Crippen molar-refractivity contribution in [3.63, 3.8) is 0 Å². The second-order valence-electron chi connectivity index (χ2n) is 24.1. The highest BCUT2D eigenvalue weighted by atomic mass is 16.5. The van der Waals surface area contributed by atoms with Crippen molar-refractivity contribution in [3.8, 4) is 0 Å². The molecule has 0 saturated heterocycles. The molecule has 0 aliphatic carbocycles. The van der Waals surface area contributed by atoms with Crippen LogP contribution in [0.25, 0.3) is 0 Å². The van der Waals surface area contributed by atoms with Gasteiger partial charge in [-0.05, 0) is 51.4 Å². The minimum absolute atomic E-state index is 0.00871. The lowest BCUT2D eigenvalue weighted by Gasteiger charge is -2.16. The molecule has 0 aliphatic heterocycles. The number of carbonyl (C=O) groups excluding carboxylic acids is 9. The molecule has 0 radical (unpaired) electrons. The second kappa shape index (κ2) is 65.6. The Balaban J connectivity index is 3.79. The highest BCUT2D eigenvalue weighted by molar-refractivity contribution is 5.87. The first-order valence-corrected chi connectivity index (χ1v) is 35.5. The molecule has 0 aliphatic rings. The predicted molar refractivity (Wildman–Crippen MR) is 362 cm³/mol. The van der Waals surface area contributed by atoms with Gasteiger partial charge in [-0.1, -0.05) is 90.4 Å². The molecule has 0 heterocycles. The molecule has 11 N–H and O–H groups in total. The summed E-state index contributed by atoms with van der Waals surface area (Å²) in [5.74, 6) is -10.5. The number of rotatable bonds is 74. The van der Waals surface area contributed by atoms with Crippen molar-refractivity contribution < 1.29 is 126 Å². The Morgan fingerprint density at radius 3 is 1.05 bits per heavy atom. The number of carbonyl (C=O) groups is 13. The fraction of sp³-hybridized carbons (Fsp3) is 0.809. The summed E-state index contributed by atoms with van der Waals surface area (Å²) in [4.78, 5) is 156. The molecule has 32 nitrogen and oxygen atoms in total. The van der Waals surface area contributed by atoms with E-state index < -0.39 is 84.9 Å². The Kier molecular flexibility index (Phi) is 61.3. The van der Waals surface area contributed by atoms with Crippen LogP contribution in [0.1, 0.15) is 187 Å². The van der Waals surface area contributed by atoms with E-state index in [1.54, 1.807) is 0 Å². The number of hydrogen-bond acceptors (Lipinski definition) is 22. The van der Waals surface area contributed by atoms with E-state index in [2.05, 4.69) is 31.9 Å². The molecule has 0 unspecified atom stereocenters. The number of amides is 6. The molecule has 6 amide bonds. The van der Waals surface area contributed by atoms with E-state index in [0.717, 1.165) is 57.8 Å². The van der Waals surface area contributed by atoms with Crippen LogP contribution in [0.3, 0.4) is 0 Å². The Morgan fingerprint density at radius 2 is 0.660 bits per heavy atom. The van der Waals surface area contributed by atoms with Crippen LogP contribution in [-0.2, 0) is 100 Å². The number of ether oxygens (including phenoxy) is 8. The van der Waals surface area contributed by atoms with Crippen molar-refractivity contribution in [1.82, 2.24) is 31.9 Å². The van der Waals surface area contributed by atoms with Crippen LogP contribution in [0, 0.1) is 17.8 Å². The summed E-state index contributed by atoms with van der Waals surface area (Å²) >= 11 is 0. The van der Waals surface area contributed by atoms with Gasteiger partial charge in [0.15, 0.2) is 11.6 Å². The van der Waals surface area contributed by atoms with Crippen molar-refractivity contribution in [2.45, 2.75) is 193 Å². The van der Waals surface area contributed by atoms with Gasteiger partial charge in [-0.25, -0.2) is 4.79 Å². The van der Waals surface area contributed by atoms with Gasteiger partial charge in [0.1, 0.15) is 44.9 Å². The number of aliphatic hydroxyl groups excluding tert-OH is 1. The molecular formula is C68H118N6O26. The molecule has 0 spiro atoms. The molecule has 0 fully saturated rings. The first kappa shape index (κ1) is 93.3. The lowest BCUT2D eigenvalue weighted by molar-refractivity contribution is -0.145. The molecule has 0 bridgehead atoms. The van der Waals surface area contributed by atoms with Crippen LogP contribution in [0.2, 0.25) is 0 Å². The smallest absolute Gasteiger partial charge is 0.326 e. The van der Waals surface area contributed by atoms with E-state index in [-0.39, 0.29) is 212 Å². The second-order valence-corrected chi connectivity index (χ2v) is 24.1. The lowest BCUT2D eigenvalue weighted by atomic mass is 9.94. The highest BCUT2D eigenvalue weighted by Gasteiger charge is 2.26. The van der Waals surface area contributed by atoms with Crippen molar-refractivity contribution >= 4 is 76.7 Å². The third-order valence-electron chi connectivity index (χ3n) is 15.6. The molecule has 100 heavy (non-hydrogen) atoms. The standard InChI is InChI=1S/C68H118N6O26/c1-2-52(58(78)47-75)19-17-18-28-69-60(80)27-24-57(68(91)92)74-61(81)26-23-54(67(89)90)46-56(77)48-97-41-37-94-34-30-71-62(82)50-99-43-39-96-36-32-73-64(84)51-100-44-40-95-35-31-72-63(83)49-98-42-38-93-33-29-70-59(79)25-22-53(66(87)88)45-55(76)20-15-13-11-9-7-5-3-4-6-8-10-12-14-16-21-65(85)86/h52-54,57,75H,2-51H2,1H3,(H,69,80)(H,70,79)(H,71,82)(H,72,83)(H,73,84)(H,74,81)(H,85,86)(H,87,88)(H,89,90)(H,91,92)/t52-,53+,54+,57-/m0/s1. The van der Waals surface area contributed by atoms with Gasteiger partial charge >= 0.3 is 23.9 Å². The van der Waals surface area contributed by atoms with Gasteiger partial charge in [-0.2, -0.15) is 0 Å². The van der Waals surface area contributed by atoms with Crippen molar-refractivity contribution in [2.75, 3.05) is 145 Å². The zero-order valence-electron chi connectivity index (χ0n) is 59.0. The van der Waals surface area contributed by atoms with Crippen LogP contribution in [0.5, 0.6) is 0 Å². The van der Waals surface area contributed by atoms with E-state index >= 15 is 0 Å².